The van der Waals surface area contributed by atoms with Crippen molar-refractivity contribution in [3.63, 3.8) is 0 Å². The molecule has 0 heterocycles. The molecule has 0 aliphatic rings. The molecular formula is C13H16FNS. The fourth-order valence-corrected chi connectivity index (χ4v) is 1.82. The monoisotopic (exact) mass is 237 g/mol. The second-order valence-corrected chi connectivity index (χ2v) is 4.34. The summed E-state index contributed by atoms with van der Waals surface area (Å²) < 4.78 is 13.3. The van der Waals surface area contributed by atoms with Crippen LogP contribution in [0, 0.1) is 24.1 Å². The summed E-state index contributed by atoms with van der Waals surface area (Å²) in [5, 5.41) is 8.66. The molecule has 86 valence electrons. The van der Waals surface area contributed by atoms with Crippen molar-refractivity contribution in [3.05, 3.63) is 40.6 Å². The van der Waals surface area contributed by atoms with Crippen LogP contribution in [0.4, 0.5) is 4.39 Å². The van der Waals surface area contributed by atoms with Crippen molar-refractivity contribution in [1.82, 2.24) is 0 Å². The maximum Gasteiger partial charge on any atom is 0.128 e. The molecule has 0 aromatic heterocycles. The average molecular weight is 237 g/mol. The number of rotatable bonds is 2. The van der Waals surface area contributed by atoms with Crippen LogP contribution in [0.3, 0.4) is 0 Å². The second-order valence-electron chi connectivity index (χ2n) is 3.00. The smallest absolute Gasteiger partial charge is 0.128 e. The molecule has 0 fully saturated rings. The molecule has 0 atom stereocenters. The summed E-state index contributed by atoms with van der Waals surface area (Å²) in [6, 6.07) is 4.85. The van der Waals surface area contributed by atoms with E-state index in [-0.39, 0.29) is 5.82 Å². The van der Waals surface area contributed by atoms with Gasteiger partial charge in [0.1, 0.15) is 5.82 Å². The molecule has 1 nitrogen and oxygen atoms in total. The van der Waals surface area contributed by atoms with Gasteiger partial charge in [-0.15, -0.1) is 0 Å². The summed E-state index contributed by atoms with van der Waals surface area (Å²) in [6.45, 7) is 11.3. The van der Waals surface area contributed by atoms with Crippen molar-refractivity contribution in [2.24, 2.45) is 0 Å². The Balaban J connectivity index is 0.00000106. The minimum absolute atomic E-state index is 0.340. The van der Waals surface area contributed by atoms with Gasteiger partial charge in [0.2, 0.25) is 0 Å². The van der Waals surface area contributed by atoms with Crippen LogP contribution in [0.2, 0.25) is 0 Å². The fraction of sp³-hybridized carbons (Fsp3) is 0.308. The Morgan fingerprint density at radius 2 is 2.00 bits per heavy atom. The molecule has 1 aromatic rings. The van der Waals surface area contributed by atoms with E-state index >= 15 is 0 Å². The topological polar surface area (TPSA) is 23.8 Å². The molecule has 0 N–H and O–H groups in total. The highest BCUT2D eigenvalue weighted by atomic mass is 32.2. The highest BCUT2D eigenvalue weighted by molar-refractivity contribution is 8.03. The van der Waals surface area contributed by atoms with Gasteiger partial charge >= 0.3 is 0 Å². The molecule has 0 amide bonds. The third kappa shape index (κ3) is 4.08. The predicted molar refractivity (Wildman–Crippen MR) is 67.9 cm³/mol. The van der Waals surface area contributed by atoms with Gasteiger partial charge in [0.05, 0.1) is 11.6 Å². The first-order valence-electron chi connectivity index (χ1n) is 5.08. The molecule has 0 bridgehead atoms. The maximum atomic E-state index is 13.3. The number of thioether (sulfide) groups is 1. The third-order valence-electron chi connectivity index (χ3n) is 1.71. The fourth-order valence-electron chi connectivity index (χ4n) is 1.01. The van der Waals surface area contributed by atoms with Crippen molar-refractivity contribution < 1.29 is 4.39 Å². The Morgan fingerprint density at radius 3 is 2.44 bits per heavy atom. The van der Waals surface area contributed by atoms with E-state index in [4.69, 9.17) is 5.26 Å². The van der Waals surface area contributed by atoms with Crippen molar-refractivity contribution in [3.8, 4) is 6.07 Å². The first kappa shape index (κ1) is 14.7. The molecule has 16 heavy (non-hydrogen) atoms. The normalized spacial score (nSPS) is 8.75. The summed E-state index contributed by atoms with van der Waals surface area (Å²) >= 11 is 1.38. The molecule has 0 saturated heterocycles. The third-order valence-corrected chi connectivity index (χ3v) is 2.70. The lowest BCUT2D eigenvalue weighted by molar-refractivity contribution is 0.613. The number of nitrogens with zero attached hydrogens (tertiary/aromatic N) is 1. The number of allylic oxidation sites excluding steroid dienone is 1. The Labute approximate surface area is 101 Å². The van der Waals surface area contributed by atoms with Gasteiger partial charge in [-0.1, -0.05) is 32.2 Å². The van der Waals surface area contributed by atoms with Gasteiger partial charge in [0.25, 0.3) is 0 Å². The zero-order valence-corrected chi connectivity index (χ0v) is 10.9. The summed E-state index contributed by atoms with van der Waals surface area (Å²) in [5.74, 6) is -0.340. The van der Waals surface area contributed by atoms with E-state index in [0.717, 1.165) is 9.80 Å². The summed E-state index contributed by atoms with van der Waals surface area (Å²) in [4.78, 5) is 1.64. The molecule has 0 saturated carbocycles. The molecule has 0 aliphatic heterocycles. The van der Waals surface area contributed by atoms with Crippen LogP contribution in [0.5, 0.6) is 0 Å². The van der Waals surface area contributed by atoms with Gasteiger partial charge in [-0.05, 0) is 36.4 Å². The minimum Gasteiger partial charge on any atom is -0.207 e. The lowest BCUT2D eigenvalue weighted by Crippen LogP contribution is -1.88. The van der Waals surface area contributed by atoms with E-state index in [9.17, 15) is 4.39 Å². The quantitative estimate of drug-likeness (QED) is 0.699. The van der Waals surface area contributed by atoms with E-state index < -0.39 is 0 Å². The van der Waals surface area contributed by atoms with E-state index in [1.54, 1.807) is 13.0 Å². The number of hydrogen-bond donors (Lipinski definition) is 0. The summed E-state index contributed by atoms with van der Waals surface area (Å²) in [7, 11) is 0. The largest absolute Gasteiger partial charge is 0.207 e. The van der Waals surface area contributed by atoms with Crippen LogP contribution in [-0.4, -0.2) is 0 Å². The summed E-state index contributed by atoms with van der Waals surface area (Å²) in [5.41, 5.74) is 0.911. The number of hydrogen-bond acceptors (Lipinski definition) is 2. The zero-order valence-electron chi connectivity index (χ0n) is 10.1. The van der Waals surface area contributed by atoms with Crippen molar-refractivity contribution in [2.45, 2.75) is 32.6 Å². The lowest BCUT2D eigenvalue weighted by atomic mass is 10.1. The standard InChI is InChI=1S/C11H10FNS.C2H6/c1-7(2)14-11-5-9(6-13)4-10(12)8(11)3;1-2/h4-5H,1H2,2-3H3;1-2H3. The molecule has 0 unspecified atom stereocenters. The first-order chi connectivity index (χ1) is 7.54. The van der Waals surface area contributed by atoms with E-state index in [0.29, 0.717) is 11.1 Å². The van der Waals surface area contributed by atoms with E-state index in [2.05, 4.69) is 6.58 Å². The molecule has 1 aromatic carbocycles. The summed E-state index contributed by atoms with van der Waals surface area (Å²) in [6.07, 6.45) is 0. The van der Waals surface area contributed by atoms with Crippen LogP contribution in [0.25, 0.3) is 0 Å². The number of benzene rings is 1. The van der Waals surface area contributed by atoms with Crippen LogP contribution in [-0.2, 0) is 0 Å². The van der Waals surface area contributed by atoms with Gasteiger partial charge < -0.3 is 0 Å². The Bertz CT molecular complexity index is 419. The highest BCUT2D eigenvalue weighted by Crippen LogP contribution is 2.30. The number of nitriles is 1. The van der Waals surface area contributed by atoms with Crippen LogP contribution in [0.15, 0.2) is 28.5 Å². The SMILES string of the molecule is C=C(C)Sc1cc(C#N)cc(F)c1C.CC. The van der Waals surface area contributed by atoms with Crippen LogP contribution < -0.4 is 0 Å². The molecule has 3 heteroatoms. The maximum absolute atomic E-state index is 13.3. The Hall–Kier alpha value is -1.27. The zero-order chi connectivity index (χ0) is 12.7. The van der Waals surface area contributed by atoms with Gasteiger partial charge in [-0.3, -0.25) is 0 Å². The van der Waals surface area contributed by atoms with Crippen LogP contribution in [0.1, 0.15) is 31.9 Å². The molecule has 0 spiro atoms. The van der Waals surface area contributed by atoms with Gasteiger partial charge in [-0.2, -0.15) is 5.26 Å². The van der Waals surface area contributed by atoms with E-state index in [1.807, 2.05) is 26.8 Å². The van der Waals surface area contributed by atoms with Gasteiger partial charge in [0.15, 0.2) is 0 Å². The van der Waals surface area contributed by atoms with Gasteiger partial charge in [0, 0.05) is 4.90 Å². The average Bonchev–Trinajstić information content (AvgIpc) is 2.26. The van der Waals surface area contributed by atoms with Crippen molar-refractivity contribution in [2.75, 3.05) is 0 Å². The van der Waals surface area contributed by atoms with E-state index in [1.165, 1.54) is 17.8 Å². The lowest BCUT2D eigenvalue weighted by Gasteiger charge is -2.06. The molecule has 0 aliphatic carbocycles. The van der Waals surface area contributed by atoms with Crippen molar-refractivity contribution >= 4 is 11.8 Å². The number of halogens is 1. The molecule has 1 rings (SSSR count). The molecule has 0 radical (unpaired) electrons. The Morgan fingerprint density at radius 1 is 1.44 bits per heavy atom. The van der Waals surface area contributed by atoms with Crippen molar-refractivity contribution in [1.29, 1.82) is 5.26 Å². The minimum atomic E-state index is -0.340. The Kier molecular flexibility index (Phi) is 6.52. The van der Waals surface area contributed by atoms with Crippen LogP contribution >= 0.6 is 11.8 Å². The first-order valence-corrected chi connectivity index (χ1v) is 5.90. The van der Waals surface area contributed by atoms with Gasteiger partial charge in [-0.25, -0.2) is 4.39 Å². The highest BCUT2D eigenvalue weighted by Gasteiger charge is 2.07. The molecular weight excluding hydrogens is 221 g/mol. The predicted octanol–water partition coefficient (Wildman–Crippen LogP) is 4.66. The second kappa shape index (κ2) is 7.08.